The van der Waals surface area contributed by atoms with Gasteiger partial charge < -0.3 is 9.64 Å². The van der Waals surface area contributed by atoms with E-state index < -0.39 is 5.97 Å². The maximum absolute atomic E-state index is 12.3. The predicted molar refractivity (Wildman–Crippen MR) is 82.6 cm³/mol. The van der Waals surface area contributed by atoms with E-state index in [2.05, 4.69) is 4.74 Å². The Kier molecular flexibility index (Phi) is 4.75. The highest BCUT2D eigenvalue weighted by Crippen LogP contribution is 2.18. The molecule has 5 heteroatoms. The first-order valence-electron chi connectivity index (χ1n) is 6.49. The van der Waals surface area contributed by atoms with Crippen LogP contribution >= 0.6 is 11.3 Å². The SMILES string of the molecule is COC(=O)c1ccc(C(=O)N(C)Cc2sccc2C)cc1. The molecule has 0 aliphatic carbocycles. The summed E-state index contributed by atoms with van der Waals surface area (Å²) in [4.78, 5) is 26.6. The van der Waals surface area contributed by atoms with Crippen LogP contribution < -0.4 is 0 Å². The van der Waals surface area contributed by atoms with Crippen molar-refractivity contribution in [1.29, 1.82) is 0 Å². The number of amides is 1. The number of nitrogens with zero attached hydrogens (tertiary/aromatic N) is 1. The Bertz CT molecular complexity index is 646. The van der Waals surface area contributed by atoms with Crippen LogP contribution in [0.3, 0.4) is 0 Å². The highest BCUT2D eigenvalue weighted by Gasteiger charge is 2.14. The zero-order valence-electron chi connectivity index (χ0n) is 12.3. The maximum Gasteiger partial charge on any atom is 0.337 e. The van der Waals surface area contributed by atoms with Gasteiger partial charge in [0.15, 0.2) is 0 Å². The summed E-state index contributed by atoms with van der Waals surface area (Å²) in [5, 5.41) is 2.02. The van der Waals surface area contributed by atoms with Crippen LogP contribution in [0.1, 0.15) is 31.2 Å². The van der Waals surface area contributed by atoms with Gasteiger partial charge in [0.25, 0.3) is 5.91 Å². The Morgan fingerprint density at radius 2 is 1.76 bits per heavy atom. The lowest BCUT2D eigenvalue weighted by Crippen LogP contribution is -2.26. The number of thiophene rings is 1. The van der Waals surface area contributed by atoms with Gasteiger partial charge in [-0.3, -0.25) is 4.79 Å². The third-order valence-electron chi connectivity index (χ3n) is 3.25. The van der Waals surface area contributed by atoms with E-state index in [1.54, 1.807) is 47.5 Å². The lowest BCUT2D eigenvalue weighted by atomic mass is 10.1. The monoisotopic (exact) mass is 303 g/mol. The molecule has 0 N–H and O–H groups in total. The Morgan fingerprint density at radius 1 is 1.14 bits per heavy atom. The van der Waals surface area contributed by atoms with Crippen molar-refractivity contribution < 1.29 is 14.3 Å². The number of rotatable bonds is 4. The van der Waals surface area contributed by atoms with Crippen molar-refractivity contribution in [2.75, 3.05) is 14.2 Å². The van der Waals surface area contributed by atoms with Crippen molar-refractivity contribution in [3.63, 3.8) is 0 Å². The van der Waals surface area contributed by atoms with E-state index in [0.717, 1.165) is 0 Å². The lowest BCUT2D eigenvalue weighted by Gasteiger charge is -2.17. The van der Waals surface area contributed by atoms with Gasteiger partial charge >= 0.3 is 5.97 Å². The van der Waals surface area contributed by atoms with Gasteiger partial charge in [0, 0.05) is 17.5 Å². The van der Waals surface area contributed by atoms with Gasteiger partial charge in [0.05, 0.1) is 19.2 Å². The number of esters is 1. The molecule has 0 unspecified atom stereocenters. The predicted octanol–water partition coefficient (Wildman–Crippen LogP) is 3.12. The van der Waals surface area contributed by atoms with Crippen molar-refractivity contribution >= 4 is 23.2 Å². The zero-order chi connectivity index (χ0) is 15.4. The number of hydrogen-bond donors (Lipinski definition) is 0. The van der Waals surface area contributed by atoms with Crippen molar-refractivity contribution in [2.24, 2.45) is 0 Å². The summed E-state index contributed by atoms with van der Waals surface area (Å²) < 4.78 is 4.63. The number of aryl methyl sites for hydroxylation is 1. The molecule has 0 aliphatic heterocycles. The fourth-order valence-electron chi connectivity index (χ4n) is 1.94. The summed E-state index contributed by atoms with van der Waals surface area (Å²) >= 11 is 1.64. The molecule has 0 saturated heterocycles. The highest BCUT2D eigenvalue weighted by atomic mass is 32.1. The van der Waals surface area contributed by atoms with E-state index in [1.165, 1.54) is 17.6 Å². The lowest BCUT2D eigenvalue weighted by molar-refractivity contribution is 0.0600. The van der Waals surface area contributed by atoms with Gasteiger partial charge in [0.2, 0.25) is 0 Å². The molecule has 0 saturated carbocycles. The molecule has 0 radical (unpaired) electrons. The van der Waals surface area contributed by atoms with Crippen LogP contribution in [-0.4, -0.2) is 30.9 Å². The second-order valence-electron chi connectivity index (χ2n) is 4.76. The zero-order valence-corrected chi connectivity index (χ0v) is 13.1. The molecule has 0 atom stereocenters. The molecule has 0 spiro atoms. The largest absolute Gasteiger partial charge is 0.465 e. The van der Waals surface area contributed by atoms with Gasteiger partial charge in [0.1, 0.15) is 0 Å². The Balaban J connectivity index is 2.09. The van der Waals surface area contributed by atoms with E-state index in [1.807, 2.05) is 18.4 Å². The molecule has 1 amide bonds. The number of benzene rings is 1. The number of ether oxygens (including phenoxy) is 1. The van der Waals surface area contributed by atoms with Gasteiger partial charge in [-0.2, -0.15) is 0 Å². The van der Waals surface area contributed by atoms with Crippen LogP contribution in [0.2, 0.25) is 0 Å². The second kappa shape index (κ2) is 6.54. The van der Waals surface area contributed by atoms with E-state index in [4.69, 9.17) is 0 Å². The minimum atomic E-state index is -0.406. The summed E-state index contributed by atoms with van der Waals surface area (Å²) in [6.45, 7) is 2.62. The van der Waals surface area contributed by atoms with Crippen molar-refractivity contribution in [3.8, 4) is 0 Å². The Labute approximate surface area is 128 Å². The van der Waals surface area contributed by atoms with Gasteiger partial charge in [-0.25, -0.2) is 4.79 Å². The summed E-state index contributed by atoms with van der Waals surface area (Å²) in [7, 11) is 3.11. The average Bonchev–Trinajstić information content (AvgIpc) is 2.91. The third-order valence-corrected chi connectivity index (χ3v) is 4.26. The smallest absolute Gasteiger partial charge is 0.337 e. The quantitative estimate of drug-likeness (QED) is 0.815. The molecule has 0 fully saturated rings. The van der Waals surface area contributed by atoms with Crippen LogP contribution in [-0.2, 0) is 11.3 Å². The van der Waals surface area contributed by atoms with Gasteiger partial charge in [-0.05, 0) is 48.2 Å². The number of carbonyl (C=O) groups excluding carboxylic acids is 2. The molecular formula is C16H17NO3S. The summed E-state index contributed by atoms with van der Waals surface area (Å²) in [6, 6.07) is 8.54. The van der Waals surface area contributed by atoms with Crippen molar-refractivity contribution in [2.45, 2.75) is 13.5 Å². The first-order chi connectivity index (χ1) is 10.0. The molecule has 2 aromatic rings. The molecule has 2 rings (SSSR count). The van der Waals surface area contributed by atoms with Crippen LogP contribution in [0.4, 0.5) is 0 Å². The molecule has 110 valence electrons. The minimum Gasteiger partial charge on any atom is -0.465 e. The molecule has 0 bridgehead atoms. The maximum atomic E-state index is 12.3. The summed E-state index contributed by atoms with van der Waals surface area (Å²) in [5.74, 6) is -0.476. The third kappa shape index (κ3) is 3.49. The second-order valence-corrected chi connectivity index (χ2v) is 5.76. The molecule has 0 aliphatic rings. The summed E-state index contributed by atoms with van der Waals surface area (Å²) in [6.07, 6.45) is 0. The van der Waals surface area contributed by atoms with Crippen LogP contribution in [0.5, 0.6) is 0 Å². The van der Waals surface area contributed by atoms with Gasteiger partial charge in [-0.1, -0.05) is 0 Å². The number of methoxy groups -OCH3 is 1. The number of hydrogen-bond acceptors (Lipinski definition) is 4. The van der Waals surface area contributed by atoms with E-state index in [-0.39, 0.29) is 5.91 Å². The van der Waals surface area contributed by atoms with E-state index in [0.29, 0.717) is 17.7 Å². The standard InChI is InChI=1S/C16H17NO3S/c1-11-8-9-21-14(11)10-17(2)15(18)12-4-6-13(7-5-12)16(19)20-3/h4-9H,10H2,1-3H3. The van der Waals surface area contributed by atoms with Crippen molar-refractivity contribution in [1.82, 2.24) is 4.90 Å². The molecular weight excluding hydrogens is 286 g/mol. The molecule has 1 heterocycles. The molecule has 1 aromatic heterocycles. The van der Waals surface area contributed by atoms with Crippen LogP contribution in [0.15, 0.2) is 35.7 Å². The fraction of sp³-hybridized carbons (Fsp3) is 0.250. The molecule has 21 heavy (non-hydrogen) atoms. The minimum absolute atomic E-state index is 0.0702. The highest BCUT2D eigenvalue weighted by molar-refractivity contribution is 7.10. The van der Waals surface area contributed by atoms with E-state index >= 15 is 0 Å². The molecule has 4 nitrogen and oxygen atoms in total. The average molecular weight is 303 g/mol. The van der Waals surface area contributed by atoms with Crippen LogP contribution in [0.25, 0.3) is 0 Å². The molecule has 1 aromatic carbocycles. The first kappa shape index (κ1) is 15.3. The Hall–Kier alpha value is -2.14. The normalized spacial score (nSPS) is 10.2. The summed E-state index contributed by atoms with van der Waals surface area (Å²) in [5.41, 5.74) is 2.19. The Morgan fingerprint density at radius 3 is 2.29 bits per heavy atom. The number of carbonyl (C=O) groups is 2. The first-order valence-corrected chi connectivity index (χ1v) is 7.37. The van der Waals surface area contributed by atoms with Crippen LogP contribution in [0, 0.1) is 6.92 Å². The van der Waals surface area contributed by atoms with Gasteiger partial charge in [-0.15, -0.1) is 11.3 Å². The topological polar surface area (TPSA) is 46.6 Å². The fourth-order valence-corrected chi connectivity index (χ4v) is 2.90. The van der Waals surface area contributed by atoms with Crippen molar-refractivity contribution in [3.05, 3.63) is 57.3 Å². The van der Waals surface area contributed by atoms with E-state index in [9.17, 15) is 9.59 Å².